The molecule has 1 amide bonds. The lowest BCUT2D eigenvalue weighted by Gasteiger charge is -2.26. The van der Waals surface area contributed by atoms with E-state index in [9.17, 15) is 4.79 Å². The highest BCUT2D eigenvalue weighted by Gasteiger charge is 2.16. The predicted molar refractivity (Wildman–Crippen MR) is 81.0 cm³/mol. The summed E-state index contributed by atoms with van der Waals surface area (Å²) < 4.78 is 10.6. The molecule has 1 aliphatic heterocycles. The maximum absolute atomic E-state index is 11.8. The van der Waals surface area contributed by atoms with E-state index in [1.54, 1.807) is 4.90 Å². The smallest absolute Gasteiger partial charge is 0.248 e. The molecule has 1 fully saturated rings. The monoisotopic (exact) mass is 292 g/mol. The maximum Gasteiger partial charge on any atom is 0.248 e. The fourth-order valence-corrected chi connectivity index (χ4v) is 2.19. The Hall–Kier alpha value is -1.43. The zero-order valence-corrected chi connectivity index (χ0v) is 12.4. The Morgan fingerprint density at radius 3 is 2.76 bits per heavy atom. The minimum atomic E-state index is 0.0653. The summed E-state index contributed by atoms with van der Waals surface area (Å²) in [6.07, 6.45) is 0.906. The number of nitrogens with one attached hydrogen (secondary N) is 1. The van der Waals surface area contributed by atoms with Gasteiger partial charge in [0.05, 0.1) is 13.2 Å². The molecule has 0 radical (unpaired) electrons. The highest BCUT2D eigenvalue weighted by molar-refractivity contribution is 5.77. The molecule has 5 heteroatoms. The molecule has 1 saturated heterocycles. The Morgan fingerprint density at radius 1 is 1.24 bits per heavy atom. The molecule has 1 N–H and O–H groups in total. The van der Waals surface area contributed by atoms with Gasteiger partial charge in [-0.05, 0) is 18.5 Å². The lowest BCUT2D eigenvalue weighted by Crippen LogP contribution is -2.42. The van der Waals surface area contributed by atoms with Crippen LogP contribution in [-0.4, -0.2) is 56.9 Å². The van der Waals surface area contributed by atoms with Crippen molar-refractivity contribution in [1.29, 1.82) is 0 Å². The third-order valence-corrected chi connectivity index (χ3v) is 3.40. The molecule has 0 spiro atoms. The van der Waals surface area contributed by atoms with Gasteiger partial charge in [-0.25, -0.2) is 0 Å². The largest absolute Gasteiger partial charge is 0.378 e. The summed E-state index contributed by atoms with van der Waals surface area (Å²) in [6.45, 7) is 5.18. The Kier molecular flexibility index (Phi) is 7.21. The van der Waals surface area contributed by atoms with Crippen molar-refractivity contribution in [2.75, 3.05) is 46.1 Å². The zero-order valence-electron chi connectivity index (χ0n) is 12.4. The minimum Gasteiger partial charge on any atom is -0.378 e. The Balaban J connectivity index is 1.45. The fourth-order valence-electron chi connectivity index (χ4n) is 2.19. The minimum absolute atomic E-state index is 0.0653. The SMILES string of the molecule is O=C(COCCCNCc1ccccc1)N1CCOCC1. The second-order valence-corrected chi connectivity index (χ2v) is 5.06. The number of carbonyl (C=O) groups is 1. The van der Waals surface area contributed by atoms with Crippen LogP contribution < -0.4 is 5.32 Å². The number of morpholine rings is 1. The summed E-state index contributed by atoms with van der Waals surface area (Å²) in [5.74, 6) is 0.0653. The second kappa shape index (κ2) is 9.50. The molecule has 0 saturated carbocycles. The number of rotatable bonds is 8. The van der Waals surface area contributed by atoms with E-state index < -0.39 is 0 Å². The average Bonchev–Trinajstić information content (AvgIpc) is 2.55. The molecule has 5 nitrogen and oxygen atoms in total. The summed E-state index contributed by atoms with van der Waals surface area (Å²) in [5.41, 5.74) is 1.28. The quantitative estimate of drug-likeness (QED) is 0.728. The normalized spacial score (nSPS) is 15.1. The van der Waals surface area contributed by atoms with Crippen LogP contribution in [0.1, 0.15) is 12.0 Å². The molecule has 1 heterocycles. The molecule has 1 aromatic rings. The molecule has 0 aromatic heterocycles. The van der Waals surface area contributed by atoms with Gasteiger partial charge < -0.3 is 19.7 Å². The van der Waals surface area contributed by atoms with Crippen LogP contribution in [-0.2, 0) is 20.8 Å². The van der Waals surface area contributed by atoms with Crippen molar-refractivity contribution in [3.63, 3.8) is 0 Å². The van der Waals surface area contributed by atoms with E-state index in [1.807, 2.05) is 18.2 Å². The summed E-state index contributed by atoms with van der Waals surface area (Å²) in [5, 5.41) is 3.36. The highest BCUT2D eigenvalue weighted by atomic mass is 16.5. The Bertz CT molecular complexity index is 405. The summed E-state index contributed by atoms with van der Waals surface area (Å²) in [7, 11) is 0. The fraction of sp³-hybridized carbons (Fsp3) is 0.562. The topological polar surface area (TPSA) is 50.8 Å². The van der Waals surface area contributed by atoms with Crippen LogP contribution in [0.15, 0.2) is 30.3 Å². The molecule has 116 valence electrons. The van der Waals surface area contributed by atoms with E-state index in [1.165, 1.54) is 5.56 Å². The third kappa shape index (κ3) is 6.25. The molecule has 21 heavy (non-hydrogen) atoms. The first kappa shape index (κ1) is 15.9. The summed E-state index contributed by atoms with van der Waals surface area (Å²) in [4.78, 5) is 13.6. The summed E-state index contributed by atoms with van der Waals surface area (Å²) >= 11 is 0. The van der Waals surface area contributed by atoms with Gasteiger partial charge in [-0.1, -0.05) is 30.3 Å². The van der Waals surface area contributed by atoms with Crippen LogP contribution in [0.25, 0.3) is 0 Å². The van der Waals surface area contributed by atoms with Crippen LogP contribution in [0.2, 0.25) is 0 Å². The van der Waals surface area contributed by atoms with E-state index in [4.69, 9.17) is 9.47 Å². The van der Waals surface area contributed by atoms with E-state index in [-0.39, 0.29) is 12.5 Å². The van der Waals surface area contributed by atoms with E-state index in [0.29, 0.717) is 32.9 Å². The van der Waals surface area contributed by atoms with Gasteiger partial charge in [-0.2, -0.15) is 0 Å². The molecule has 0 unspecified atom stereocenters. The first-order chi connectivity index (χ1) is 10.4. The average molecular weight is 292 g/mol. The Morgan fingerprint density at radius 2 is 2.00 bits per heavy atom. The first-order valence-corrected chi connectivity index (χ1v) is 7.54. The van der Waals surface area contributed by atoms with E-state index in [0.717, 1.165) is 19.5 Å². The first-order valence-electron chi connectivity index (χ1n) is 7.54. The maximum atomic E-state index is 11.8. The molecule has 1 aliphatic rings. The van der Waals surface area contributed by atoms with Gasteiger partial charge in [-0.15, -0.1) is 0 Å². The molecule has 0 aliphatic carbocycles. The van der Waals surface area contributed by atoms with E-state index >= 15 is 0 Å². The van der Waals surface area contributed by atoms with Crippen LogP contribution >= 0.6 is 0 Å². The van der Waals surface area contributed by atoms with Crippen LogP contribution in [0, 0.1) is 0 Å². The van der Waals surface area contributed by atoms with Crippen molar-refractivity contribution in [2.24, 2.45) is 0 Å². The number of benzene rings is 1. The molecular weight excluding hydrogens is 268 g/mol. The number of nitrogens with zero attached hydrogens (tertiary/aromatic N) is 1. The van der Waals surface area contributed by atoms with Crippen LogP contribution in [0.5, 0.6) is 0 Å². The molecule has 0 atom stereocenters. The molecular formula is C16H24N2O3. The Labute approximate surface area is 126 Å². The van der Waals surface area contributed by atoms with Crippen molar-refractivity contribution >= 4 is 5.91 Å². The van der Waals surface area contributed by atoms with Gasteiger partial charge in [0.15, 0.2) is 0 Å². The van der Waals surface area contributed by atoms with Gasteiger partial charge in [0.1, 0.15) is 6.61 Å². The van der Waals surface area contributed by atoms with Gasteiger partial charge >= 0.3 is 0 Å². The second-order valence-electron chi connectivity index (χ2n) is 5.06. The third-order valence-electron chi connectivity index (χ3n) is 3.40. The van der Waals surface area contributed by atoms with Gasteiger partial charge in [0.25, 0.3) is 0 Å². The molecule has 1 aromatic carbocycles. The van der Waals surface area contributed by atoms with E-state index in [2.05, 4.69) is 17.4 Å². The van der Waals surface area contributed by atoms with Gasteiger partial charge in [-0.3, -0.25) is 4.79 Å². The number of carbonyl (C=O) groups excluding carboxylic acids is 1. The number of amides is 1. The van der Waals surface area contributed by atoms with Gasteiger partial charge in [0.2, 0.25) is 5.91 Å². The van der Waals surface area contributed by atoms with Gasteiger partial charge in [0, 0.05) is 26.2 Å². The van der Waals surface area contributed by atoms with Crippen molar-refractivity contribution < 1.29 is 14.3 Å². The molecule has 2 rings (SSSR count). The number of ether oxygens (including phenoxy) is 2. The lowest BCUT2D eigenvalue weighted by molar-refractivity contribution is -0.140. The highest BCUT2D eigenvalue weighted by Crippen LogP contribution is 1.99. The standard InChI is InChI=1S/C16H24N2O3/c19-16(18-8-11-20-12-9-18)14-21-10-4-7-17-13-15-5-2-1-3-6-15/h1-3,5-6,17H,4,7-14H2. The van der Waals surface area contributed by atoms with Crippen LogP contribution in [0.4, 0.5) is 0 Å². The van der Waals surface area contributed by atoms with Crippen molar-refractivity contribution in [2.45, 2.75) is 13.0 Å². The summed E-state index contributed by atoms with van der Waals surface area (Å²) in [6, 6.07) is 10.3. The molecule has 0 bridgehead atoms. The van der Waals surface area contributed by atoms with Crippen molar-refractivity contribution in [1.82, 2.24) is 10.2 Å². The number of hydrogen-bond acceptors (Lipinski definition) is 4. The van der Waals surface area contributed by atoms with Crippen LogP contribution in [0.3, 0.4) is 0 Å². The van der Waals surface area contributed by atoms with Crippen molar-refractivity contribution in [3.8, 4) is 0 Å². The lowest BCUT2D eigenvalue weighted by atomic mass is 10.2. The zero-order chi connectivity index (χ0) is 14.8. The predicted octanol–water partition coefficient (Wildman–Crippen LogP) is 1.04. The number of hydrogen-bond donors (Lipinski definition) is 1. The van der Waals surface area contributed by atoms with Crippen molar-refractivity contribution in [3.05, 3.63) is 35.9 Å².